The van der Waals surface area contributed by atoms with Gasteiger partial charge in [-0.05, 0) is 30.5 Å². The summed E-state index contributed by atoms with van der Waals surface area (Å²) in [5.74, 6) is 0.805. The van der Waals surface area contributed by atoms with Gasteiger partial charge in [0.1, 0.15) is 5.65 Å². The van der Waals surface area contributed by atoms with Crippen molar-refractivity contribution in [2.45, 2.75) is 149 Å². The molecule has 0 saturated carbocycles. The predicted octanol–water partition coefficient (Wildman–Crippen LogP) is 10.6. The molecule has 2 rings (SSSR count). The number of rotatable bonds is 22. The van der Waals surface area contributed by atoms with E-state index in [1.54, 1.807) is 0 Å². The summed E-state index contributed by atoms with van der Waals surface area (Å²) < 4.78 is 0. The number of unbranched alkanes of at least 4 members (excludes halogenated alkanes) is 16. The molecule has 0 spiro atoms. The Bertz CT molecular complexity index is 689. The van der Waals surface area contributed by atoms with Crippen LogP contribution in [0.5, 0.6) is 0 Å². The molecule has 2 heteroatoms. The van der Waals surface area contributed by atoms with E-state index in [2.05, 4.69) is 37.0 Å². The van der Waals surface area contributed by atoms with E-state index in [1.165, 1.54) is 139 Å². The zero-order valence-corrected chi connectivity index (χ0v) is 22.2. The molecule has 0 fully saturated rings. The molecule has 1 unspecified atom stereocenters. The molecular weight excluding hydrogens is 400 g/mol. The summed E-state index contributed by atoms with van der Waals surface area (Å²) in [5, 5.41) is 1.23. The molecule has 0 bridgehead atoms. The van der Waals surface area contributed by atoms with Gasteiger partial charge in [0, 0.05) is 17.3 Å². The Kier molecular flexibility index (Phi) is 16.1. The standard InChI is InChI=1S/C31H54N2/c1-3-5-7-9-11-13-14-16-18-20-22-28(21-19-17-15-12-10-8-6-4-2)27-30-24-23-29-25-26-32-31(29)33-30/h23-26,28H,3-22,27H2,1-2H3,(H,32,33). The maximum Gasteiger partial charge on any atom is 0.137 e. The largest absolute Gasteiger partial charge is 0.346 e. The lowest BCUT2D eigenvalue weighted by Crippen LogP contribution is -2.07. The number of hydrogen-bond donors (Lipinski definition) is 1. The van der Waals surface area contributed by atoms with Gasteiger partial charge < -0.3 is 4.98 Å². The summed E-state index contributed by atoms with van der Waals surface area (Å²) in [4.78, 5) is 8.20. The van der Waals surface area contributed by atoms with E-state index in [0.717, 1.165) is 18.0 Å². The zero-order valence-electron chi connectivity index (χ0n) is 22.2. The van der Waals surface area contributed by atoms with Crippen molar-refractivity contribution < 1.29 is 0 Å². The van der Waals surface area contributed by atoms with E-state index in [9.17, 15) is 0 Å². The molecule has 0 aliphatic heterocycles. The van der Waals surface area contributed by atoms with E-state index in [0.29, 0.717) is 0 Å². The fourth-order valence-corrected chi connectivity index (χ4v) is 5.22. The highest BCUT2D eigenvalue weighted by Crippen LogP contribution is 2.24. The van der Waals surface area contributed by atoms with E-state index in [1.807, 2.05) is 6.20 Å². The third-order valence-electron chi connectivity index (χ3n) is 7.40. The number of H-pyrrole nitrogens is 1. The maximum absolute atomic E-state index is 4.90. The number of pyridine rings is 1. The van der Waals surface area contributed by atoms with Crippen LogP contribution in [0.25, 0.3) is 11.0 Å². The predicted molar refractivity (Wildman–Crippen MR) is 147 cm³/mol. The fraction of sp³-hybridized carbons (Fsp3) is 0.774. The fourth-order valence-electron chi connectivity index (χ4n) is 5.22. The Labute approximate surface area is 205 Å². The van der Waals surface area contributed by atoms with Crippen LogP contribution < -0.4 is 0 Å². The summed E-state index contributed by atoms with van der Waals surface area (Å²) in [5.41, 5.74) is 2.33. The quantitative estimate of drug-likeness (QED) is 0.176. The van der Waals surface area contributed by atoms with Gasteiger partial charge in [0.2, 0.25) is 0 Å². The summed E-state index contributed by atoms with van der Waals surface area (Å²) in [6.07, 6.45) is 31.5. The van der Waals surface area contributed by atoms with E-state index in [4.69, 9.17) is 4.98 Å². The van der Waals surface area contributed by atoms with Gasteiger partial charge in [0.15, 0.2) is 0 Å². The van der Waals surface area contributed by atoms with Crippen LogP contribution in [0.15, 0.2) is 24.4 Å². The van der Waals surface area contributed by atoms with Gasteiger partial charge in [0.05, 0.1) is 0 Å². The molecule has 0 aromatic carbocycles. The van der Waals surface area contributed by atoms with Gasteiger partial charge in [-0.3, -0.25) is 0 Å². The van der Waals surface area contributed by atoms with Crippen molar-refractivity contribution in [3.8, 4) is 0 Å². The molecular formula is C31H54N2. The molecule has 1 atom stereocenters. The van der Waals surface area contributed by atoms with E-state index in [-0.39, 0.29) is 0 Å². The highest BCUT2D eigenvalue weighted by Gasteiger charge is 2.11. The molecule has 2 aromatic rings. The Hall–Kier alpha value is -1.31. The minimum atomic E-state index is 0.805. The van der Waals surface area contributed by atoms with Crippen LogP contribution in [0.4, 0.5) is 0 Å². The topological polar surface area (TPSA) is 28.7 Å². The first-order valence-electron chi connectivity index (χ1n) is 14.8. The summed E-state index contributed by atoms with van der Waals surface area (Å²) >= 11 is 0. The number of nitrogens with zero attached hydrogens (tertiary/aromatic N) is 1. The first-order chi connectivity index (χ1) is 16.3. The Morgan fingerprint density at radius 1 is 0.606 bits per heavy atom. The highest BCUT2D eigenvalue weighted by atomic mass is 14.8. The van der Waals surface area contributed by atoms with Crippen molar-refractivity contribution in [2.75, 3.05) is 0 Å². The molecule has 0 radical (unpaired) electrons. The molecule has 2 nitrogen and oxygen atoms in total. The molecule has 0 aliphatic rings. The molecule has 0 amide bonds. The van der Waals surface area contributed by atoms with Crippen molar-refractivity contribution in [2.24, 2.45) is 5.92 Å². The van der Waals surface area contributed by atoms with Crippen molar-refractivity contribution in [1.29, 1.82) is 0 Å². The summed E-state index contributed by atoms with van der Waals surface area (Å²) in [6.45, 7) is 4.60. The molecule has 0 saturated heterocycles. The Balaban J connectivity index is 1.65. The van der Waals surface area contributed by atoms with Crippen molar-refractivity contribution in [3.05, 3.63) is 30.1 Å². The number of hydrogen-bond acceptors (Lipinski definition) is 1. The van der Waals surface area contributed by atoms with Gasteiger partial charge in [-0.25, -0.2) is 4.98 Å². The van der Waals surface area contributed by atoms with Crippen LogP contribution in [-0.4, -0.2) is 9.97 Å². The maximum atomic E-state index is 4.90. The SMILES string of the molecule is CCCCCCCCCCCCC(CCCCCCCCCC)Cc1ccc2cc[nH]c2n1. The minimum absolute atomic E-state index is 0.805. The lowest BCUT2D eigenvalue weighted by Gasteiger charge is -2.17. The van der Waals surface area contributed by atoms with E-state index >= 15 is 0 Å². The second kappa shape index (κ2) is 19.0. The number of aromatic nitrogens is 2. The van der Waals surface area contributed by atoms with Gasteiger partial charge in [-0.2, -0.15) is 0 Å². The van der Waals surface area contributed by atoms with Crippen LogP contribution in [0.3, 0.4) is 0 Å². The van der Waals surface area contributed by atoms with Crippen LogP contribution in [-0.2, 0) is 6.42 Å². The van der Waals surface area contributed by atoms with Crippen LogP contribution in [0, 0.1) is 5.92 Å². The molecule has 2 heterocycles. The number of aromatic amines is 1. The highest BCUT2D eigenvalue weighted by molar-refractivity contribution is 5.75. The number of fused-ring (bicyclic) bond motifs is 1. The lowest BCUT2D eigenvalue weighted by molar-refractivity contribution is 0.397. The lowest BCUT2D eigenvalue weighted by atomic mass is 9.90. The summed E-state index contributed by atoms with van der Waals surface area (Å²) in [6, 6.07) is 6.62. The first kappa shape index (κ1) is 27.9. The second-order valence-corrected chi connectivity index (χ2v) is 10.5. The number of nitrogens with one attached hydrogen (secondary N) is 1. The van der Waals surface area contributed by atoms with Gasteiger partial charge in [-0.1, -0.05) is 142 Å². The third kappa shape index (κ3) is 13.2. The van der Waals surface area contributed by atoms with Crippen LogP contribution in [0.2, 0.25) is 0 Å². The molecule has 2 aromatic heterocycles. The van der Waals surface area contributed by atoms with Gasteiger partial charge >= 0.3 is 0 Å². The van der Waals surface area contributed by atoms with Gasteiger partial charge in [0.25, 0.3) is 0 Å². The smallest absolute Gasteiger partial charge is 0.137 e. The molecule has 0 aliphatic carbocycles. The normalized spacial score (nSPS) is 12.5. The molecule has 188 valence electrons. The van der Waals surface area contributed by atoms with Crippen molar-refractivity contribution in [3.63, 3.8) is 0 Å². The van der Waals surface area contributed by atoms with Crippen LogP contribution in [0.1, 0.15) is 148 Å². The monoisotopic (exact) mass is 454 g/mol. The van der Waals surface area contributed by atoms with Gasteiger partial charge in [-0.15, -0.1) is 0 Å². The molecule has 1 N–H and O–H groups in total. The van der Waals surface area contributed by atoms with Crippen LogP contribution >= 0.6 is 0 Å². The Morgan fingerprint density at radius 2 is 1.09 bits per heavy atom. The second-order valence-electron chi connectivity index (χ2n) is 10.5. The van der Waals surface area contributed by atoms with E-state index < -0.39 is 0 Å². The van der Waals surface area contributed by atoms with Crippen molar-refractivity contribution >= 4 is 11.0 Å². The minimum Gasteiger partial charge on any atom is -0.346 e. The first-order valence-corrected chi connectivity index (χ1v) is 14.8. The zero-order chi connectivity index (χ0) is 23.4. The molecule has 33 heavy (non-hydrogen) atoms. The third-order valence-corrected chi connectivity index (χ3v) is 7.40. The summed E-state index contributed by atoms with van der Waals surface area (Å²) in [7, 11) is 0. The Morgan fingerprint density at radius 3 is 1.61 bits per heavy atom. The average Bonchev–Trinajstić information content (AvgIpc) is 3.29. The van der Waals surface area contributed by atoms with Crippen molar-refractivity contribution in [1.82, 2.24) is 9.97 Å². The average molecular weight is 455 g/mol.